The molecule has 0 aliphatic heterocycles. The van der Waals surface area contributed by atoms with E-state index in [9.17, 15) is 43.2 Å². The molecule has 0 amide bonds. The highest BCUT2D eigenvalue weighted by atomic mass is 31.2. The lowest BCUT2D eigenvalue weighted by atomic mass is 10.0. The first-order valence-corrected chi connectivity index (χ1v) is 43.1. The minimum absolute atomic E-state index is 0.0503. The molecule has 5 atom stereocenters. The number of carbonyl (C=O) groups excluding carboxylic acids is 4. The molecule has 0 aromatic carbocycles. The summed E-state index contributed by atoms with van der Waals surface area (Å²) in [5, 5.41) is 10.6. The van der Waals surface area contributed by atoms with Crippen LogP contribution in [0.1, 0.15) is 310 Å². The highest BCUT2D eigenvalue weighted by Crippen LogP contribution is 2.45. The second-order valence-electron chi connectivity index (χ2n) is 26.2. The predicted octanol–water partition coefficient (Wildman–Crippen LogP) is 23.4. The molecule has 594 valence electrons. The van der Waals surface area contributed by atoms with Gasteiger partial charge in [0.05, 0.1) is 26.4 Å². The summed E-state index contributed by atoms with van der Waals surface area (Å²) in [6.07, 6.45) is 86.9. The molecule has 0 fully saturated rings. The molecule has 17 nitrogen and oxygen atoms in total. The van der Waals surface area contributed by atoms with Gasteiger partial charge in [-0.2, -0.15) is 0 Å². The Morgan fingerprint density at radius 1 is 0.279 bits per heavy atom. The van der Waals surface area contributed by atoms with E-state index in [1.807, 2.05) is 12.2 Å². The summed E-state index contributed by atoms with van der Waals surface area (Å²) in [6.45, 7) is 4.44. The molecule has 0 heterocycles. The molecule has 0 bridgehead atoms. The van der Waals surface area contributed by atoms with Crippen LogP contribution in [0.3, 0.4) is 0 Å². The lowest BCUT2D eigenvalue weighted by molar-refractivity contribution is -0.161. The normalized spacial score (nSPS) is 14.6. The van der Waals surface area contributed by atoms with Crippen LogP contribution in [0.2, 0.25) is 0 Å². The maximum Gasteiger partial charge on any atom is 0.472 e. The van der Waals surface area contributed by atoms with E-state index in [0.29, 0.717) is 32.1 Å². The molecular formula is C85H142O17P2. The van der Waals surface area contributed by atoms with Crippen molar-refractivity contribution in [3.8, 4) is 0 Å². The third-order valence-corrected chi connectivity index (χ3v) is 18.2. The number of hydrogen-bond acceptors (Lipinski definition) is 15. The molecule has 0 aromatic heterocycles. The summed E-state index contributed by atoms with van der Waals surface area (Å²) in [5.41, 5.74) is 0. The maximum atomic E-state index is 13.1. The van der Waals surface area contributed by atoms with E-state index >= 15 is 0 Å². The van der Waals surface area contributed by atoms with E-state index in [1.54, 1.807) is 0 Å². The number of aliphatic hydroxyl groups excluding tert-OH is 1. The van der Waals surface area contributed by atoms with Gasteiger partial charge in [0.1, 0.15) is 19.3 Å². The summed E-state index contributed by atoms with van der Waals surface area (Å²) in [7, 11) is -9.99. The number of phosphoric acid groups is 2. The van der Waals surface area contributed by atoms with Crippen molar-refractivity contribution in [2.45, 2.75) is 329 Å². The maximum absolute atomic E-state index is 13.1. The Kier molecular flexibility index (Phi) is 72.4. The minimum Gasteiger partial charge on any atom is -0.462 e. The van der Waals surface area contributed by atoms with Crippen LogP contribution < -0.4 is 0 Å². The monoisotopic (exact) mass is 1500 g/mol. The second kappa shape index (κ2) is 76.1. The first kappa shape index (κ1) is 98.9. The van der Waals surface area contributed by atoms with Crippen LogP contribution in [0, 0.1) is 0 Å². The Labute approximate surface area is 630 Å². The molecule has 0 aliphatic rings. The largest absolute Gasteiger partial charge is 0.472 e. The van der Waals surface area contributed by atoms with Crippen molar-refractivity contribution in [1.82, 2.24) is 0 Å². The molecule has 0 rings (SSSR count). The first-order valence-electron chi connectivity index (χ1n) is 40.1. The molecule has 19 heteroatoms. The fourth-order valence-corrected chi connectivity index (χ4v) is 11.9. The summed E-state index contributed by atoms with van der Waals surface area (Å²) in [6, 6.07) is 0. The molecule has 5 unspecified atom stereocenters. The number of carbonyl (C=O) groups is 4. The summed E-state index contributed by atoms with van der Waals surface area (Å²) >= 11 is 0. The van der Waals surface area contributed by atoms with E-state index < -0.39 is 97.5 Å². The van der Waals surface area contributed by atoms with Crippen molar-refractivity contribution in [2.24, 2.45) is 0 Å². The van der Waals surface area contributed by atoms with E-state index in [1.165, 1.54) is 64.2 Å². The van der Waals surface area contributed by atoms with Gasteiger partial charge < -0.3 is 33.8 Å². The van der Waals surface area contributed by atoms with Crippen LogP contribution in [0.15, 0.2) is 146 Å². The zero-order chi connectivity index (χ0) is 76.0. The Hall–Kier alpha value is -5.06. The molecule has 0 aliphatic carbocycles. The van der Waals surface area contributed by atoms with Gasteiger partial charge in [0.25, 0.3) is 0 Å². The molecule has 3 N–H and O–H groups in total. The van der Waals surface area contributed by atoms with Gasteiger partial charge >= 0.3 is 39.5 Å². The summed E-state index contributed by atoms with van der Waals surface area (Å²) in [5.74, 6) is -2.29. The highest BCUT2D eigenvalue weighted by Gasteiger charge is 2.30. The van der Waals surface area contributed by atoms with Crippen LogP contribution in [-0.4, -0.2) is 96.7 Å². The van der Waals surface area contributed by atoms with E-state index in [4.69, 9.17) is 37.0 Å². The molecule has 104 heavy (non-hydrogen) atoms. The fourth-order valence-electron chi connectivity index (χ4n) is 10.3. The molecule has 0 saturated heterocycles. The number of rotatable bonds is 74. The smallest absolute Gasteiger partial charge is 0.462 e. The zero-order valence-electron chi connectivity index (χ0n) is 64.9. The third-order valence-electron chi connectivity index (χ3n) is 16.3. The predicted molar refractivity (Wildman–Crippen MR) is 427 cm³/mol. The molecule has 0 spiro atoms. The lowest BCUT2D eigenvalue weighted by Gasteiger charge is -2.21. The number of aliphatic hydroxyl groups is 1. The topological polar surface area (TPSA) is 237 Å². The zero-order valence-corrected chi connectivity index (χ0v) is 66.7. The number of esters is 4. The summed E-state index contributed by atoms with van der Waals surface area (Å²) < 4.78 is 68.6. The van der Waals surface area contributed by atoms with Crippen molar-refractivity contribution >= 4 is 39.5 Å². The van der Waals surface area contributed by atoms with Crippen LogP contribution in [0.25, 0.3) is 0 Å². The lowest BCUT2D eigenvalue weighted by Crippen LogP contribution is -2.30. The minimum atomic E-state index is -5.00. The Balaban J connectivity index is 5.45. The van der Waals surface area contributed by atoms with Crippen molar-refractivity contribution in [3.05, 3.63) is 146 Å². The van der Waals surface area contributed by atoms with E-state index in [-0.39, 0.29) is 25.7 Å². The second-order valence-corrected chi connectivity index (χ2v) is 29.1. The molecular weight excluding hydrogens is 1350 g/mol. The van der Waals surface area contributed by atoms with Gasteiger partial charge in [-0.05, 0) is 135 Å². The fraction of sp³-hybridized carbons (Fsp3) is 0.671. The molecule has 0 aromatic rings. The summed E-state index contributed by atoms with van der Waals surface area (Å²) in [4.78, 5) is 73.0. The quantitative estimate of drug-likeness (QED) is 0.0169. The van der Waals surface area contributed by atoms with Crippen molar-refractivity contribution in [3.63, 3.8) is 0 Å². The van der Waals surface area contributed by atoms with Crippen LogP contribution in [0.5, 0.6) is 0 Å². The van der Waals surface area contributed by atoms with Crippen molar-refractivity contribution < 1.29 is 80.2 Å². The standard InChI is InChI=1S/C85H142O17P2/c1-5-9-13-17-21-25-29-33-37-39-43-46-50-54-58-62-66-70-83(88)96-76-81(102-85(90)72-68-64-60-56-52-48-44-40-38-34-30-26-22-18-14-10-6-2)78-100-104(93,94)98-74-79(86)73-97-103(91,92)99-77-80(101-84(89)71-67-63-59-55-51-47-42-36-32-28-24-20-16-12-8-4)75-95-82(87)69-65-61-57-53-49-45-41-35-31-27-23-19-15-11-7-3/h9-11,13-15,21-23,25-27,33-35,37-38,41,43-44,46,48,54,58,79-81,86H,5-8,12,16-20,24,28-32,36,39-40,42,45,47,49-53,55-57,59-78H2,1-4H3,(H,91,92)(H,93,94)/b13-9-,14-10-,15-11-,25-21-,26-22-,27-23-,37-33-,38-34-,41-35-,46-43-,48-44-,58-54-. The Morgan fingerprint density at radius 3 is 0.808 bits per heavy atom. The number of allylic oxidation sites excluding steroid dienone is 24. The van der Waals surface area contributed by atoms with Gasteiger partial charge in [-0.25, -0.2) is 9.13 Å². The van der Waals surface area contributed by atoms with Crippen molar-refractivity contribution in [2.75, 3.05) is 39.6 Å². The van der Waals surface area contributed by atoms with E-state index in [2.05, 4.69) is 161 Å². The third kappa shape index (κ3) is 75.2. The van der Waals surface area contributed by atoms with Gasteiger partial charge in [-0.15, -0.1) is 0 Å². The Morgan fingerprint density at radius 2 is 0.510 bits per heavy atom. The van der Waals surface area contributed by atoms with Gasteiger partial charge in [-0.1, -0.05) is 296 Å². The van der Waals surface area contributed by atoms with Gasteiger partial charge in [0.2, 0.25) is 0 Å². The van der Waals surface area contributed by atoms with Crippen LogP contribution in [0.4, 0.5) is 0 Å². The highest BCUT2D eigenvalue weighted by molar-refractivity contribution is 7.47. The average molecular weight is 1500 g/mol. The van der Waals surface area contributed by atoms with Crippen LogP contribution in [-0.2, 0) is 65.4 Å². The Bertz CT molecular complexity index is 2540. The number of hydrogen-bond donors (Lipinski definition) is 3. The number of phosphoric ester groups is 2. The first-order chi connectivity index (χ1) is 50.7. The molecule has 0 radical (unpaired) electrons. The van der Waals surface area contributed by atoms with Gasteiger partial charge in [0, 0.05) is 25.7 Å². The number of unbranched alkanes of at least 4 members (excludes halogenated alkanes) is 24. The van der Waals surface area contributed by atoms with Crippen LogP contribution >= 0.6 is 15.6 Å². The molecule has 0 saturated carbocycles. The SMILES string of the molecule is CC/C=C\C/C=C\C/C=C\C/C=C\C/C=C\CCCC(=O)OCC(COP(=O)(O)OCC(O)COP(=O)(O)OCC(COC(=O)CCCCCCC/C=C\C/C=C\C/C=C\CC)OC(=O)CCCCCCCCCCCCCCCCC)OC(=O)CCCCCC/C=C\C/C=C\C/C=C\C/C=C\CC. The van der Waals surface area contributed by atoms with Gasteiger partial charge in [0.15, 0.2) is 12.2 Å². The van der Waals surface area contributed by atoms with Crippen molar-refractivity contribution in [1.29, 1.82) is 0 Å². The van der Waals surface area contributed by atoms with E-state index in [0.717, 1.165) is 161 Å². The number of ether oxygens (including phenoxy) is 4. The average Bonchev–Trinajstić information content (AvgIpc) is 0.926. The van der Waals surface area contributed by atoms with Gasteiger partial charge in [-0.3, -0.25) is 37.3 Å².